The van der Waals surface area contributed by atoms with E-state index in [0.29, 0.717) is 13.2 Å². The highest BCUT2D eigenvalue weighted by atomic mass is 16.5. The molecule has 1 rings (SSSR count). The number of ether oxygens (including phenoxy) is 2. The molecule has 0 aliphatic heterocycles. The molecule has 4 nitrogen and oxygen atoms in total. The van der Waals surface area contributed by atoms with Gasteiger partial charge in [0.15, 0.2) is 0 Å². The van der Waals surface area contributed by atoms with Gasteiger partial charge < -0.3 is 14.6 Å². The minimum Gasteiger partial charge on any atom is -0.463 e. The van der Waals surface area contributed by atoms with Gasteiger partial charge in [0.2, 0.25) is 0 Å². The highest BCUT2D eigenvalue weighted by Crippen LogP contribution is 2.07. The van der Waals surface area contributed by atoms with Crippen LogP contribution in [-0.2, 0) is 20.9 Å². The van der Waals surface area contributed by atoms with Gasteiger partial charge in [-0.2, -0.15) is 0 Å². The summed E-state index contributed by atoms with van der Waals surface area (Å²) in [7, 11) is 0. The minimum atomic E-state index is -0.649. The molecule has 20 heavy (non-hydrogen) atoms. The molecule has 0 radical (unpaired) electrons. The van der Waals surface area contributed by atoms with Gasteiger partial charge in [0.25, 0.3) is 0 Å². The van der Waals surface area contributed by atoms with Gasteiger partial charge in [-0.15, -0.1) is 0 Å². The summed E-state index contributed by atoms with van der Waals surface area (Å²) in [5, 5.41) is 9.91. The maximum absolute atomic E-state index is 11.1. The molecule has 0 aliphatic rings. The molecule has 2 atom stereocenters. The molecular formula is C16H22O4. The number of esters is 1. The second-order valence-corrected chi connectivity index (χ2v) is 4.54. The summed E-state index contributed by atoms with van der Waals surface area (Å²) in [4.78, 5) is 11.1. The van der Waals surface area contributed by atoms with E-state index in [9.17, 15) is 9.90 Å². The van der Waals surface area contributed by atoms with Gasteiger partial charge in [0, 0.05) is 12.0 Å². The summed E-state index contributed by atoms with van der Waals surface area (Å²) in [6.45, 7) is 4.61. The Labute approximate surface area is 120 Å². The van der Waals surface area contributed by atoms with Crippen LogP contribution in [0.4, 0.5) is 0 Å². The molecular weight excluding hydrogens is 256 g/mol. The highest BCUT2D eigenvalue weighted by molar-refractivity contribution is 5.81. The second kappa shape index (κ2) is 9.28. The Balaban J connectivity index is 2.27. The molecule has 0 saturated heterocycles. The molecule has 4 heteroatoms. The van der Waals surface area contributed by atoms with Crippen LogP contribution in [0.3, 0.4) is 0 Å². The van der Waals surface area contributed by atoms with Crippen molar-refractivity contribution in [2.24, 2.45) is 5.92 Å². The average molecular weight is 278 g/mol. The molecule has 0 saturated carbocycles. The summed E-state index contributed by atoms with van der Waals surface area (Å²) < 4.78 is 10.2. The Morgan fingerprint density at radius 1 is 1.35 bits per heavy atom. The van der Waals surface area contributed by atoms with Crippen LogP contribution in [-0.4, -0.2) is 30.4 Å². The molecule has 0 bridgehead atoms. The average Bonchev–Trinajstić information content (AvgIpc) is 2.46. The highest BCUT2D eigenvalue weighted by Gasteiger charge is 2.12. The number of benzene rings is 1. The smallest absolute Gasteiger partial charge is 0.330 e. The van der Waals surface area contributed by atoms with Crippen molar-refractivity contribution in [1.29, 1.82) is 0 Å². The maximum Gasteiger partial charge on any atom is 0.330 e. The van der Waals surface area contributed by atoms with Crippen molar-refractivity contribution < 1.29 is 19.4 Å². The fraction of sp³-hybridized carbons (Fsp3) is 0.438. The number of rotatable bonds is 8. The van der Waals surface area contributed by atoms with Crippen LogP contribution in [0, 0.1) is 5.92 Å². The van der Waals surface area contributed by atoms with Crippen molar-refractivity contribution in [3.05, 3.63) is 48.0 Å². The SMILES string of the molecule is CCOC(=O)/C=C/[C@@H](C)[C@H](O)COCc1ccccc1. The first kappa shape index (κ1) is 16.4. The van der Waals surface area contributed by atoms with Gasteiger partial charge in [-0.1, -0.05) is 43.3 Å². The van der Waals surface area contributed by atoms with Gasteiger partial charge >= 0.3 is 5.97 Å². The lowest BCUT2D eigenvalue weighted by Crippen LogP contribution is -2.22. The minimum absolute atomic E-state index is 0.171. The summed E-state index contributed by atoms with van der Waals surface area (Å²) in [6, 6.07) is 9.77. The lowest BCUT2D eigenvalue weighted by Gasteiger charge is -2.15. The van der Waals surface area contributed by atoms with Crippen molar-refractivity contribution in [1.82, 2.24) is 0 Å². The third-order valence-electron chi connectivity index (χ3n) is 2.83. The van der Waals surface area contributed by atoms with Gasteiger partial charge in [0.05, 0.1) is 25.9 Å². The summed E-state index contributed by atoms with van der Waals surface area (Å²) in [5.41, 5.74) is 1.06. The Bertz CT molecular complexity index is 414. The lowest BCUT2D eigenvalue weighted by atomic mass is 10.1. The van der Waals surface area contributed by atoms with Crippen LogP contribution in [0.2, 0.25) is 0 Å². The Hall–Kier alpha value is -1.65. The largest absolute Gasteiger partial charge is 0.463 e. The summed E-state index contributed by atoms with van der Waals surface area (Å²) in [6.07, 6.45) is 2.33. The van der Waals surface area contributed by atoms with Gasteiger partial charge in [0.1, 0.15) is 0 Å². The molecule has 1 N–H and O–H groups in total. The molecule has 0 unspecified atom stereocenters. The van der Waals surface area contributed by atoms with Gasteiger partial charge in [-0.05, 0) is 12.5 Å². The Morgan fingerprint density at radius 3 is 2.70 bits per heavy atom. The normalized spacial score (nSPS) is 14.2. The summed E-state index contributed by atoms with van der Waals surface area (Å²) in [5.74, 6) is -0.563. The number of hydrogen-bond donors (Lipinski definition) is 1. The zero-order chi connectivity index (χ0) is 14.8. The van der Waals surface area contributed by atoms with Crippen LogP contribution in [0.15, 0.2) is 42.5 Å². The molecule has 0 aromatic heterocycles. The monoisotopic (exact) mass is 278 g/mol. The van der Waals surface area contributed by atoms with E-state index < -0.39 is 12.1 Å². The molecule has 0 spiro atoms. The van der Waals surface area contributed by atoms with E-state index in [4.69, 9.17) is 9.47 Å². The first-order valence-electron chi connectivity index (χ1n) is 6.78. The van der Waals surface area contributed by atoms with E-state index in [2.05, 4.69) is 0 Å². The van der Waals surface area contributed by atoms with Crippen LogP contribution in [0.5, 0.6) is 0 Å². The molecule has 0 amide bonds. The quantitative estimate of drug-likeness (QED) is 0.585. The maximum atomic E-state index is 11.1. The Kier molecular flexibility index (Phi) is 7.62. The summed E-state index contributed by atoms with van der Waals surface area (Å²) >= 11 is 0. The molecule has 0 heterocycles. The first-order valence-corrected chi connectivity index (χ1v) is 6.78. The number of hydrogen-bond acceptors (Lipinski definition) is 4. The molecule has 110 valence electrons. The molecule has 1 aromatic rings. The van der Waals surface area contributed by atoms with Crippen molar-refractivity contribution >= 4 is 5.97 Å². The number of aliphatic hydroxyl groups excluding tert-OH is 1. The third-order valence-corrected chi connectivity index (χ3v) is 2.83. The molecule has 0 aliphatic carbocycles. The van der Waals surface area contributed by atoms with E-state index in [1.807, 2.05) is 37.3 Å². The second-order valence-electron chi connectivity index (χ2n) is 4.54. The third kappa shape index (κ3) is 6.50. The number of carbonyl (C=O) groups excluding carboxylic acids is 1. The van der Waals surface area contributed by atoms with Gasteiger partial charge in [-0.3, -0.25) is 0 Å². The predicted molar refractivity (Wildman–Crippen MR) is 77.0 cm³/mol. The first-order chi connectivity index (χ1) is 9.63. The Morgan fingerprint density at radius 2 is 2.05 bits per heavy atom. The van der Waals surface area contributed by atoms with E-state index in [1.165, 1.54) is 6.08 Å². The van der Waals surface area contributed by atoms with Crippen molar-refractivity contribution in [3.8, 4) is 0 Å². The van der Waals surface area contributed by atoms with Crippen molar-refractivity contribution in [3.63, 3.8) is 0 Å². The molecule has 1 aromatic carbocycles. The fourth-order valence-corrected chi connectivity index (χ4v) is 1.57. The number of carbonyl (C=O) groups is 1. The van der Waals surface area contributed by atoms with Crippen LogP contribution < -0.4 is 0 Å². The van der Waals surface area contributed by atoms with Crippen LogP contribution in [0.1, 0.15) is 19.4 Å². The molecule has 0 fully saturated rings. The van der Waals surface area contributed by atoms with Crippen molar-refractivity contribution in [2.75, 3.05) is 13.2 Å². The van der Waals surface area contributed by atoms with E-state index in [1.54, 1.807) is 13.0 Å². The topological polar surface area (TPSA) is 55.8 Å². The van der Waals surface area contributed by atoms with Crippen molar-refractivity contribution in [2.45, 2.75) is 26.6 Å². The lowest BCUT2D eigenvalue weighted by molar-refractivity contribution is -0.137. The van der Waals surface area contributed by atoms with E-state index >= 15 is 0 Å². The zero-order valence-electron chi connectivity index (χ0n) is 12.0. The van der Waals surface area contributed by atoms with Gasteiger partial charge in [-0.25, -0.2) is 4.79 Å². The van der Waals surface area contributed by atoms with Crippen LogP contribution >= 0.6 is 0 Å². The number of aliphatic hydroxyl groups is 1. The zero-order valence-corrected chi connectivity index (χ0v) is 12.0. The standard InChI is InChI=1S/C16H22O4/c1-3-20-16(18)10-9-13(2)15(17)12-19-11-14-7-5-4-6-8-14/h4-10,13,15,17H,3,11-12H2,1-2H3/b10-9+/t13-,15-/m1/s1. The van der Waals surface area contributed by atoms with E-state index in [-0.39, 0.29) is 12.5 Å². The predicted octanol–water partition coefficient (Wildman–Crippen LogP) is 2.32. The van der Waals surface area contributed by atoms with E-state index in [0.717, 1.165) is 5.56 Å². The van der Waals surface area contributed by atoms with Crippen LogP contribution in [0.25, 0.3) is 0 Å². The fourth-order valence-electron chi connectivity index (χ4n) is 1.57.